The average Bonchev–Trinajstić information content (AvgIpc) is 3.33. The van der Waals surface area contributed by atoms with Crippen LogP contribution >= 0.6 is 11.7 Å². The molecule has 0 bridgehead atoms. The van der Waals surface area contributed by atoms with Crippen LogP contribution in [0.5, 0.6) is 11.5 Å². The van der Waals surface area contributed by atoms with E-state index in [4.69, 9.17) is 9.47 Å². The molecule has 1 amide bonds. The number of ether oxygens (including phenoxy) is 2. The molecule has 0 spiro atoms. The molecule has 0 radical (unpaired) electrons. The Morgan fingerprint density at radius 3 is 2.53 bits per heavy atom. The summed E-state index contributed by atoms with van der Waals surface area (Å²) in [4.78, 5) is 13.3. The van der Waals surface area contributed by atoms with Crippen LogP contribution in [0, 0.1) is 0 Å². The Morgan fingerprint density at radius 1 is 1.00 bits per heavy atom. The number of nitrogens with zero attached hydrogens (tertiary/aromatic N) is 2. The third-order valence-electron chi connectivity index (χ3n) is 5.10. The van der Waals surface area contributed by atoms with E-state index in [1.165, 1.54) is 20.3 Å². The number of hydrogen-bond acceptors (Lipinski definition) is 8. The number of sulfonamides is 1. The number of nitrogens with one attached hydrogen (secondary N) is 2. The van der Waals surface area contributed by atoms with Gasteiger partial charge >= 0.3 is 0 Å². The van der Waals surface area contributed by atoms with Gasteiger partial charge in [0.05, 0.1) is 31.6 Å². The molecule has 0 fully saturated rings. The molecule has 0 saturated heterocycles. The fourth-order valence-corrected chi connectivity index (χ4v) is 5.38. The molecule has 1 aromatic heterocycles. The van der Waals surface area contributed by atoms with Crippen LogP contribution in [-0.2, 0) is 21.2 Å². The minimum atomic E-state index is -4.10. The minimum absolute atomic E-state index is 0.0384. The molecular formula is C23H22N4O5S2. The SMILES string of the molecule is COc1ccc(OC)c(NC(=O)[C@@H](Cc2ccccc2)NS(=O)(=O)c2cccc3nsnc23)c1. The van der Waals surface area contributed by atoms with Crippen LogP contribution in [0.25, 0.3) is 11.0 Å². The summed E-state index contributed by atoms with van der Waals surface area (Å²) in [5.74, 6) is 0.371. The van der Waals surface area contributed by atoms with E-state index in [1.807, 2.05) is 30.3 Å². The fraction of sp³-hybridized carbons (Fsp3) is 0.174. The first-order chi connectivity index (χ1) is 16.4. The molecule has 0 aliphatic rings. The summed E-state index contributed by atoms with van der Waals surface area (Å²) < 4.78 is 48.0. The summed E-state index contributed by atoms with van der Waals surface area (Å²) in [5, 5.41) is 2.77. The third-order valence-corrected chi connectivity index (χ3v) is 7.15. The maximum atomic E-state index is 13.3. The van der Waals surface area contributed by atoms with Gasteiger partial charge in [-0.3, -0.25) is 4.79 Å². The average molecular weight is 499 g/mol. The summed E-state index contributed by atoms with van der Waals surface area (Å²) >= 11 is 0.923. The molecule has 9 nitrogen and oxygen atoms in total. The second-order valence-electron chi connectivity index (χ2n) is 7.31. The Morgan fingerprint density at radius 2 is 1.79 bits per heavy atom. The number of carbonyl (C=O) groups excluding carboxylic acids is 1. The van der Waals surface area contributed by atoms with Gasteiger partial charge in [-0.15, -0.1) is 0 Å². The lowest BCUT2D eigenvalue weighted by molar-refractivity contribution is -0.117. The summed E-state index contributed by atoms with van der Waals surface area (Å²) in [7, 11) is -1.12. The number of amides is 1. The van der Waals surface area contributed by atoms with Crippen molar-refractivity contribution in [2.75, 3.05) is 19.5 Å². The van der Waals surface area contributed by atoms with Gasteiger partial charge in [0.1, 0.15) is 33.5 Å². The zero-order chi connectivity index (χ0) is 24.1. The van der Waals surface area contributed by atoms with E-state index in [2.05, 4.69) is 18.8 Å². The van der Waals surface area contributed by atoms with E-state index in [1.54, 1.807) is 30.3 Å². The standard InChI is InChI=1S/C23H22N4O5S2/c1-31-16-11-12-20(32-2)18(14-16)24-23(28)19(13-15-7-4-3-5-8-15)27-34(29,30)21-10-6-9-17-22(21)26-33-25-17/h3-12,14,19,27H,13H2,1-2H3,(H,24,28)/t19-/m1/s1. The van der Waals surface area contributed by atoms with Crippen LogP contribution < -0.4 is 19.5 Å². The molecule has 0 saturated carbocycles. The molecule has 0 aliphatic heterocycles. The number of methoxy groups -OCH3 is 2. The highest BCUT2D eigenvalue weighted by atomic mass is 32.2. The van der Waals surface area contributed by atoms with Crippen molar-refractivity contribution in [3.05, 3.63) is 72.3 Å². The van der Waals surface area contributed by atoms with Crippen LogP contribution in [0.3, 0.4) is 0 Å². The predicted octanol–water partition coefficient (Wildman–Crippen LogP) is 3.24. The topological polar surface area (TPSA) is 120 Å². The van der Waals surface area contributed by atoms with Crippen LogP contribution in [0.2, 0.25) is 0 Å². The van der Waals surface area contributed by atoms with E-state index in [0.717, 1.165) is 17.3 Å². The number of hydrogen-bond donors (Lipinski definition) is 2. The van der Waals surface area contributed by atoms with Crippen molar-refractivity contribution in [2.24, 2.45) is 0 Å². The van der Waals surface area contributed by atoms with E-state index in [0.29, 0.717) is 22.7 Å². The normalized spacial score (nSPS) is 12.3. The zero-order valence-electron chi connectivity index (χ0n) is 18.4. The Hall–Kier alpha value is -3.54. The molecule has 4 aromatic rings. The van der Waals surface area contributed by atoms with Crippen molar-refractivity contribution in [3.8, 4) is 11.5 Å². The lowest BCUT2D eigenvalue weighted by Crippen LogP contribution is -2.45. The molecule has 176 valence electrons. The Balaban J connectivity index is 1.67. The summed E-state index contributed by atoms with van der Waals surface area (Å²) in [5.41, 5.74) is 1.87. The molecule has 11 heteroatoms. The molecular weight excluding hydrogens is 476 g/mol. The van der Waals surface area contributed by atoms with Crippen molar-refractivity contribution < 1.29 is 22.7 Å². The van der Waals surface area contributed by atoms with Gasteiger partial charge in [-0.25, -0.2) is 8.42 Å². The number of aromatic nitrogens is 2. The van der Waals surface area contributed by atoms with Gasteiger partial charge < -0.3 is 14.8 Å². The molecule has 34 heavy (non-hydrogen) atoms. The Bertz CT molecular complexity index is 1410. The van der Waals surface area contributed by atoms with Crippen molar-refractivity contribution in [1.82, 2.24) is 13.5 Å². The van der Waals surface area contributed by atoms with Gasteiger partial charge in [-0.1, -0.05) is 36.4 Å². The smallest absolute Gasteiger partial charge is 0.243 e. The Kier molecular flexibility index (Phi) is 7.06. The quantitative estimate of drug-likeness (QED) is 0.364. The third kappa shape index (κ3) is 5.16. The lowest BCUT2D eigenvalue weighted by Gasteiger charge is -2.20. The zero-order valence-corrected chi connectivity index (χ0v) is 20.0. The Labute approximate surface area is 201 Å². The first kappa shape index (κ1) is 23.6. The van der Waals surface area contributed by atoms with Crippen LogP contribution in [0.15, 0.2) is 71.6 Å². The van der Waals surface area contributed by atoms with E-state index < -0.39 is 22.0 Å². The van der Waals surface area contributed by atoms with Gasteiger partial charge in [0.25, 0.3) is 0 Å². The second kappa shape index (κ2) is 10.2. The van der Waals surface area contributed by atoms with E-state index in [9.17, 15) is 13.2 Å². The summed E-state index contributed by atoms with van der Waals surface area (Å²) in [6.07, 6.45) is 0.128. The molecule has 1 atom stereocenters. The first-order valence-corrected chi connectivity index (χ1v) is 12.4. The van der Waals surface area contributed by atoms with Crippen LogP contribution in [0.1, 0.15) is 5.56 Å². The maximum Gasteiger partial charge on any atom is 0.243 e. The molecule has 0 aliphatic carbocycles. The second-order valence-corrected chi connectivity index (χ2v) is 9.52. The number of fused-ring (bicyclic) bond motifs is 1. The first-order valence-electron chi connectivity index (χ1n) is 10.2. The minimum Gasteiger partial charge on any atom is -0.497 e. The van der Waals surface area contributed by atoms with Crippen LogP contribution in [0.4, 0.5) is 5.69 Å². The van der Waals surface area contributed by atoms with Crippen molar-refractivity contribution in [2.45, 2.75) is 17.4 Å². The monoisotopic (exact) mass is 498 g/mol. The van der Waals surface area contributed by atoms with E-state index in [-0.39, 0.29) is 16.8 Å². The number of benzene rings is 3. The van der Waals surface area contributed by atoms with Gasteiger partial charge in [0.2, 0.25) is 15.9 Å². The molecule has 0 unspecified atom stereocenters. The van der Waals surface area contributed by atoms with Gasteiger partial charge in [0, 0.05) is 6.07 Å². The van der Waals surface area contributed by atoms with E-state index >= 15 is 0 Å². The molecule has 2 N–H and O–H groups in total. The molecule has 3 aromatic carbocycles. The highest BCUT2D eigenvalue weighted by molar-refractivity contribution is 7.89. The van der Waals surface area contributed by atoms with Crippen molar-refractivity contribution >= 4 is 44.4 Å². The largest absolute Gasteiger partial charge is 0.497 e. The highest BCUT2D eigenvalue weighted by Gasteiger charge is 2.29. The summed E-state index contributed by atoms with van der Waals surface area (Å²) in [6.45, 7) is 0. The van der Waals surface area contributed by atoms with Crippen molar-refractivity contribution in [1.29, 1.82) is 0 Å². The molecule has 1 heterocycles. The lowest BCUT2D eigenvalue weighted by atomic mass is 10.1. The summed E-state index contributed by atoms with van der Waals surface area (Å²) in [6, 6.07) is 17.7. The van der Waals surface area contributed by atoms with Gasteiger partial charge in [-0.05, 0) is 36.2 Å². The number of carbonyl (C=O) groups is 1. The van der Waals surface area contributed by atoms with Gasteiger partial charge in [0.15, 0.2) is 0 Å². The fourth-order valence-electron chi connectivity index (χ4n) is 3.42. The highest BCUT2D eigenvalue weighted by Crippen LogP contribution is 2.29. The van der Waals surface area contributed by atoms with Crippen LogP contribution in [-0.4, -0.2) is 43.3 Å². The molecule has 4 rings (SSSR count). The number of anilines is 1. The number of rotatable bonds is 9. The maximum absolute atomic E-state index is 13.3. The van der Waals surface area contributed by atoms with Gasteiger partial charge in [-0.2, -0.15) is 13.5 Å². The predicted molar refractivity (Wildman–Crippen MR) is 130 cm³/mol. The van der Waals surface area contributed by atoms with Crippen molar-refractivity contribution in [3.63, 3.8) is 0 Å².